The van der Waals surface area contributed by atoms with Crippen molar-refractivity contribution in [3.8, 4) is 0 Å². The number of aromatic amines is 2. The Kier molecular flexibility index (Phi) is 3.09. The van der Waals surface area contributed by atoms with Crippen molar-refractivity contribution >= 4 is 12.1 Å². The van der Waals surface area contributed by atoms with Crippen molar-refractivity contribution in [3.63, 3.8) is 0 Å². The second-order valence-electron chi connectivity index (χ2n) is 3.82. The second-order valence-corrected chi connectivity index (χ2v) is 3.82. The molecule has 2 heterocycles. The topological polar surface area (TPSA) is 73.0 Å². The fourth-order valence-corrected chi connectivity index (χ4v) is 1.57. The number of carbonyl (C=O) groups excluding carboxylic acids is 1. The van der Waals surface area contributed by atoms with Gasteiger partial charge in [-0.1, -0.05) is 0 Å². The molecular formula is C12H14N4O. The molecule has 88 valence electrons. The zero-order valence-corrected chi connectivity index (χ0v) is 9.74. The van der Waals surface area contributed by atoms with Crippen molar-refractivity contribution < 1.29 is 4.79 Å². The Morgan fingerprint density at radius 2 is 2.29 bits per heavy atom. The van der Waals surface area contributed by atoms with Crippen LogP contribution >= 0.6 is 0 Å². The van der Waals surface area contributed by atoms with E-state index in [0.717, 1.165) is 17.0 Å². The average Bonchev–Trinajstić information content (AvgIpc) is 2.89. The van der Waals surface area contributed by atoms with Crippen molar-refractivity contribution in [1.82, 2.24) is 15.4 Å². The lowest BCUT2D eigenvalue weighted by Gasteiger charge is -1.95. The van der Waals surface area contributed by atoms with E-state index in [1.54, 1.807) is 24.5 Å². The molecule has 0 saturated carbocycles. The highest BCUT2D eigenvalue weighted by Crippen LogP contribution is 2.05. The number of hydrogen-bond donors (Lipinski definition) is 3. The smallest absolute Gasteiger partial charge is 0.287 e. The summed E-state index contributed by atoms with van der Waals surface area (Å²) < 4.78 is 0. The van der Waals surface area contributed by atoms with Crippen LogP contribution in [0.5, 0.6) is 0 Å². The van der Waals surface area contributed by atoms with Gasteiger partial charge in [0.15, 0.2) is 0 Å². The summed E-state index contributed by atoms with van der Waals surface area (Å²) in [5.74, 6) is -0.254. The third-order valence-electron chi connectivity index (χ3n) is 2.40. The number of nitrogens with one attached hydrogen (secondary N) is 3. The molecule has 0 aromatic carbocycles. The number of hydrogen-bond acceptors (Lipinski definition) is 2. The van der Waals surface area contributed by atoms with Gasteiger partial charge in [-0.3, -0.25) is 4.79 Å². The largest absolute Gasteiger partial charge is 0.362 e. The minimum Gasteiger partial charge on any atom is -0.362 e. The molecule has 1 amide bonds. The van der Waals surface area contributed by atoms with Crippen molar-refractivity contribution in [2.75, 3.05) is 0 Å². The van der Waals surface area contributed by atoms with Crippen molar-refractivity contribution in [1.29, 1.82) is 0 Å². The molecule has 2 aromatic rings. The van der Waals surface area contributed by atoms with E-state index in [9.17, 15) is 4.79 Å². The van der Waals surface area contributed by atoms with Gasteiger partial charge in [-0.15, -0.1) is 0 Å². The van der Waals surface area contributed by atoms with Gasteiger partial charge in [0.05, 0.1) is 6.21 Å². The average molecular weight is 230 g/mol. The van der Waals surface area contributed by atoms with Crippen molar-refractivity contribution in [2.24, 2.45) is 5.10 Å². The monoisotopic (exact) mass is 230 g/mol. The Bertz CT molecular complexity index is 537. The molecule has 0 saturated heterocycles. The number of amides is 1. The Morgan fingerprint density at radius 3 is 2.88 bits per heavy atom. The Balaban J connectivity index is 1.99. The maximum absolute atomic E-state index is 11.5. The molecule has 0 aliphatic carbocycles. The molecule has 0 bridgehead atoms. The quantitative estimate of drug-likeness (QED) is 0.545. The summed E-state index contributed by atoms with van der Waals surface area (Å²) in [5.41, 5.74) is 6.01. The zero-order chi connectivity index (χ0) is 12.3. The van der Waals surface area contributed by atoms with Crippen LogP contribution in [0.15, 0.2) is 29.5 Å². The highest BCUT2D eigenvalue weighted by molar-refractivity contribution is 5.93. The lowest BCUT2D eigenvalue weighted by Crippen LogP contribution is -2.17. The lowest BCUT2D eigenvalue weighted by molar-refractivity contribution is 0.0951. The van der Waals surface area contributed by atoms with Crippen molar-refractivity contribution in [2.45, 2.75) is 13.8 Å². The van der Waals surface area contributed by atoms with Crippen LogP contribution < -0.4 is 5.43 Å². The maximum atomic E-state index is 11.5. The fraction of sp³-hybridized carbons (Fsp3) is 0.167. The predicted octanol–water partition coefficient (Wildman–Crippen LogP) is 1.72. The molecule has 5 heteroatoms. The minimum atomic E-state index is -0.254. The normalized spacial score (nSPS) is 10.9. The third kappa shape index (κ3) is 2.63. The van der Waals surface area contributed by atoms with E-state index in [4.69, 9.17) is 0 Å². The van der Waals surface area contributed by atoms with Crippen LogP contribution in [0.3, 0.4) is 0 Å². The van der Waals surface area contributed by atoms with E-state index in [2.05, 4.69) is 20.5 Å². The molecule has 0 atom stereocenters. The summed E-state index contributed by atoms with van der Waals surface area (Å²) in [7, 11) is 0. The molecule has 3 N–H and O–H groups in total. The molecule has 2 aromatic heterocycles. The molecule has 0 spiro atoms. The van der Waals surface area contributed by atoms with Gasteiger partial charge in [-0.05, 0) is 32.0 Å². The molecule has 0 aliphatic heterocycles. The van der Waals surface area contributed by atoms with E-state index >= 15 is 0 Å². The predicted molar refractivity (Wildman–Crippen MR) is 66.1 cm³/mol. The van der Waals surface area contributed by atoms with Gasteiger partial charge in [-0.2, -0.15) is 5.10 Å². The third-order valence-corrected chi connectivity index (χ3v) is 2.40. The maximum Gasteiger partial charge on any atom is 0.287 e. The van der Waals surface area contributed by atoms with Gasteiger partial charge in [0.25, 0.3) is 5.91 Å². The van der Waals surface area contributed by atoms with E-state index in [-0.39, 0.29) is 5.91 Å². The van der Waals surface area contributed by atoms with Crippen LogP contribution in [0.25, 0.3) is 0 Å². The van der Waals surface area contributed by atoms with E-state index in [1.165, 1.54) is 0 Å². The number of carbonyl (C=O) groups is 1. The number of hydrazone groups is 1. The van der Waals surface area contributed by atoms with Crippen LogP contribution in [0, 0.1) is 13.8 Å². The highest BCUT2D eigenvalue weighted by atomic mass is 16.2. The van der Waals surface area contributed by atoms with Crippen LogP contribution in [-0.2, 0) is 0 Å². The second kappa shape index (κ2) is 4.69. The molecular weight excluding hydrogens is 216 g/mol. The first-order chi connectivity index (χ1) is 8.16. The number of H-pyrrole nitrogens is 2. The molecule has 0 aliphatic rings. The molecule has 5 nitrogen and oxygen atoms in total. The minimum absolute atomic E-state index is 0.254. The molecule has 2 rings (SSSR count). The Morgan fingerprint density at radius 1 is 1.47 bits per heavy atom. The molecule has 0 radical (unpaired) electrons. The number of aromatic nitrogens is 2. The molecule has 0 fully saturated rings. The summed E-state index contributed by atoms with van der Waals surface area (Å²) in [4.78, 5) is 17.5. The molecule has 17 heavy (non-hydrogen) atoms. The van der Waals surface area contributed by atoms with Gasteiger partial charge in [0, 0.05) is 23.1 Å². The standard InChI is InChI=1S/C12H14N4O/c1-8-6-10(9(2)15-8)7-14-16-12(17)11-4-3-5-13-11/h3-7,13,15H,1-2H3,(H,16,17)/b14-7+. The van der Waals surface area contributed by atoms with E-state index in [1.807, 2.05) is 19.9 Å². The lowest BCUT2D eigenvalue weighted by atomic mass is 10.3. The van der Waals surface area contributed by atoms with Gasteiger partial charge < -0.3 is 9.97 Å². The number of aryl methyl sites for hydroxylation is 2. The van der Waals surface area contributed by atoms with Crippen molar-refractivity contribution in [3.05, 3.63) is 47.0 Å². The van der Waals surface area contributed by atoms with Crippen LogP contribution in [0.1, 0.15) is 27.4 Å². The summed E-state index contributed by atoms with van der Waals surface area (Å²) in [5, 5.41) is 3.91. The fourth-order valence-electron chi connectivity index (χ4n) is 1.57. The summed E-state index contributed by atoms with van der Waals surface area (Å²) in [6.45, 7) is 3.93. The van der Waals surface area contributed by atoms with Gasteiger partial charge in [0.1, 0.15) is 5.69 Å². The van der Waals surface area contributed by atoms with Gasteiger partial charge in [0.2, 0.25) is 0 Å². The highest BCUT2D eigenvalue weighted by Gasteiger charge is 2.03. The first-order valence-electron chi connectivity index (χ1n) is 5.30. The van der Waals surface area contributed by atoms with E-state index in [0.29, 0.717) is 5.69 Å². The number of nitrogens with zero attached hydrogens (tertiary/aromatic N) is 1. The van der Waals surface area contributed by atoms with Crippen LogP contribution in [0.4, 0.5) is 0 Å². The summed E-state index contributed by atoms with van der Waals surface area (Å²) in [6.07, 6.45) is 3.32. The number of rotatable bonds is 3. The Hall–Kier alpha value is -2.30. The SMILES string of the molecule is Cc1cc(/C=N/NC(=O)c2ccc[nH]2)c(C)[nH]1. The first kappa shape index (κ1) is 11.2. The van der Waals surface area contributed by atoms with Crippen LogP contribution in [-0.4, -0.2) is 22.1 Å². The van der Waals surface area contributed by atoms with Crippen LogP contribution in [0.2, 0.25) is 0 Å². The first-order valence-corrected chi connectivity index (χ1v) is 5.30. The van der Waals surface area contributed by atoms with E-state index < -0.39 is 0 Å². The zero-order valence-electron chi connectivity index (χ0n) is 9.74. The molecule has 0 unspecified atom stereocenters. The summed E-state index contributed by atoms with van der Waals surface area (Å²) >= 11 is 0. The Labute approximate surface area is 98.9 Å². The van der Waals surface area contributed by atoms with Gasteiger partial charge in [-0.25, -0.2) is 5.43 Å². The summed E-state index contributed by atoms with van der Waals surface area (Å²) in [6, 6.07) is 5.43. The van der Waals surface area contributed by atoms with Gasteiger partial charge >= 0.3 is 0 Å².